The fourth-order valence-corrected chi connectivity index (χ4v) is 2.88. The van der Waals surface area contributed by atoms with Gasteiger partial charge in [0, 0.05) is 19.0 Å². The van der Waals surface area contributed by atoms with Crippen LogP contribution in [0.5, 0.6) is 0 Å². The van der Waals surface area contributed by atoms with Crippen molar-refractivity contribution < 1.29 is 23.9 Å². The van der Waals surface area contributed by atoms with Crippen molar-refractivity contribution in [1.82, 2.24) is 10.6 Å². The Morgan fingerprint density at radius 3 is 2.42 bits per heavy atom. The molecule has 0 aromatic carbocycles. The van der Waals surface area contributed by atoms with Gasteiger partial charge in [0.15, 0.2) is 6.10 Å². The number of hydrogen-bond acceptors (Lipinski definition) is 5. The Kier molecular flexibility index (Phi) is 8.88. The van der Waals surface area contributed by atoms with Crippen molar-refractivity contribution in [3.63, 3.8) is 0 Å². The van der Waals surface area contributed by atoms with Gasteiger partial charge in [0.25, 0.3) is 5.91 Å². The van der Waals surface area contributed by atoms with Crippen LogP contribution >= 0.6 is 0 Å². The van der Waals surface area contributed by atoms with E-state index < -0.39 is 23.8 Å². The summed E-state index contributed by atoms with van der Waals surface area (Å²) in [6.45, 7) is 9.38. The molecule has 1 aliphatic rings. The van der Waals surface area contributed by atoms with Gasteiger partial charge in [-0.25, -0.2) is 4.79 Å². The molecule has 3 atom stereocenters. The van der Waals surface area contributed by atoms with Gasteiger partial charge in [0.1, 0.15) is 5.60 Å². The Hall–Kier alpha value is -1.79. The van der Waals surface area contributed by atoms with E-state index in [1.165, 1.54) is 6.42 Å². The van der Waals surface area contributed by atoms with Crippen molar-refractivity contribution in [3.05, 3.63) is 0 Å². The summed E-state index contributed by atoms with van der Waals surface area (Å²) in [7, 11) is 0. The third-order valence-electron chi connectivity index (χ3n) is 4.34. The summed E-state index contributed by atoms with van der Waals surface area (Å²) in [6.07, 6.45) is 3.65. The topological polar surface area (TPSA) is 93.7 Å². The van der Waals surface area contributed by atoms with Gasteiger partial charge in [-0.15, -0.1) is 0 Å². The van der Waals surface area contributed by atoms with Crippen LogP contribution in [0.3, 0.4) is 0 Å². The molecule has 1 saturated carbocycles. The minimum atomic E-state index is -0.810. The van der Waals surface area contributed by atoms with E-state index in [0.29, 0.717) is 18.9 Å². The summed E-state index contributed by atoms with van der Waals surface area (Å²) in [5.74, 6) is -0.242. The van der Waals surface area contributed by atoms with Gasteiger partial charge in [0.2, 0.25) is 0 Å². The molecule has 0 aliphatic heterocycles. The number of amides is 2. The van der Waals surface area contributed by atoms with Gasteiger partial charge in [-0.1, -0.05) is 19.8 Å². The summed E-state index contributed by atoms with van der Waals surface area (Å²) in [6, 6.07) is 0.162. The number of rotatable bonds is 7. The molecule has 0 aromatic rings. The average Bonchev–Trinajstić information content (AvgIpc) is 2.52. The standard InChI is InChI=1S/C19H34N2O5/c1-13-9-6-7-10-15(13)21-17(23)14(2)25-16(22)11-8-12-20-18(24)26-19(3,4)5/h13-15H,6-12H2,1-5H3,(H,20,24)(H,21,23)/t13-,14+,15+/m0/s1. The molecule has 0 bridgehead atoms. The molecule has 26 heavy (non-hydrogen) atoms. The maximum absolute atomic E-state index is 12.2. The van der Waals surface area contributed by atoms with E-state index in [0.717, 1.165) is 19.3 Å². The molecular weight excluding hydrogens is 336 g/mol. The normalized spacial score (nSPS) is 21.4. The lowest BCUT2D eigenvalue weighted by molar-refractivity contribution is -0.155. The third-order valence-corrected chi connectivity index (χ3v) is 4.34. The van der Waals surface area contributed by atoms with Crippen molar-refractivity contribution in [2.24, 2.45) is 5.92 Å². The second kappa shape index (κ2) is 10.4. The van der Waals surface area contributed by atoms with Crippen LogP contribution in [-0.4, -0.2) is 42.3 Å². The fourth-order valence-electron chi connectivity index (χ4n) is 2.88. The third kappa shape index (κ3) is 9.06. The Labute approximate surface area is 156 Å². The maximum Gasteiger partial charge on any atom is 0.407 e. The highest BCUT2D eigenvalue weighted by atomic mass is 16.6. The van der Waals surface area contributed by atoms with Crippen LogP contribution in [-0.2, 0) is 19.1 Å². The molecule has 1 aliphatic carbocycles. The summed E-state index contributed by atoms with van der Waals surface area (Å²) in [4.78, 5) is 35.5. The highest BCUT2D eigenvalue weighted by molar-refractivity contribution is 5.83. The predicted octanol–water partition coefficient (Wildman–Crippen LogP) is 2.92. The molecule has 0 unspecified atom stereocenters. The zero-order chi connectivity index (χ0) is 19.7. The van der Waals surface area contributed by atoms with Crippen LogP contribution in [0.25, 0.3) is 0 Å². The molecular formula is C19H34N2O5. The van der Waals surface area contributed by atoms with E-state index in [2.05, 4.69) is 17.6 Å². The van der Waals surface area contributed by atoms with Crippen molar-refractivity contribution in [2.75, 3.05) is 6.54 Å². The molecule has 0 radical (unpaired) electrons. The number of ether oxygens (including phenoxy) is 2. The van der Waals surface area contributed by atoms with Crippen LogP contribution in [0, 0.1) is 5.92 Å². The smallest absolute Gasteiger partial charge is 0.407 e. The van der Waals surface area contributed by atoms with Crippen LogP contribution < -0.4 is 10.6 Å². The zero-order valence-corrected chi connectivity index (χ0v) is 16.7. The monoisotopic (exact) mass is 370 g/mol. The number of carbonyl (C=O) groups excluding carboxylic acids is 3. The lowest BCUT2D eigenvalue weighted by Gasteiger charge is -2.30. The fraction of sp³-hybridized carbons (Fsp3) is 0.842. The molecule has 1 fully saturated rings. The number of nitrogens with one attached hydrogen (secondary N) is 2. The van der Waals surface area contributed by atoms with Crippen molar-refractivity contribution in [2.45, 2.75) is 90.9 Å². The quantitative estimate of drug-likeness (QED) is 0.531. The second-order valence-electron chi connectivity index (χ2n) is 8.04. The zero-order valence-electron chi connectivity index (χ0n) is 16.7. The molecule has 7 heteroatoms. The van der Waals surface area contributed by atoms with Gasteiger partial charge >= 0.3 is 12.1 Å². The van der Waals surface area contributed by atoms with E-state index in [4.69, 9.17) is 9.47 Å². The van der Waals surface area contributed by atoms with Crippen LogP contribution in [0.1, 0.15) is 73.1 Å². The molecule has 7 nitrogen and oxygen atoms in total. The molecule has 150 valence electrons. The number of carbonyl (C=O) groups is 3. The minimum absolute atomic E-state index is 0.132. The summed E-state index contributed by atoms with van der Waals surface area (Å²) >= 11 is 0. The molecule has 0 saturated heterocycles. The first-order valence-corrected chi connectivity index (χ1v) is 9.55. The first kappa shape index (κ1) is 22.3. The Balaban J connectivity index is 2.21. The molecule has 1 rings (SSSR count). The number of alkyl carbamates (subject to hydrolysis) is 1. The largest absolute Gasteiger partial charge is 0.453 e. The van der Waals surface area contributed by atoms with Crippen molar-refractivity contribution in [3.8, 4) is 0 Å². The minimum Gasteiger partial charge on any atom is -0.453 e. The SMILES string of the molecule is C[C@@H](OC(=O)CCCNC(=O)OC(C)(C)C)C(=O)N[C@@H]1CCCC[C@@H]1C. The maximum atomic E-state index is 12.2. The van der Waals surface area contributed by atoms with Crippen LogP contribution in [0.2, 0.25) is 0 Å². The highest BCUT2D eigenvalue weighted by Crippen LogP contribution is 2.23. The number of esters is 1. The lowest BCUT2D eigenvalue weighted by atomic mass is 9.86. The molecule has 0 heterocycles. The van der Waals surface area contributed by atoms with E-state index >= 15 is 0 Å². The first-order valence-electron chi connectivity index (χ1n) is 9.55. The van der Waals surface area contributed by atoms with Crippen LogP contribution in [0.15, 0.2) is 0 Å². The van der Waals surface area contributed by atoms with Crippen molar-refractivity contribution in [1.29, 1.82) is 0 Å². The lowest BCUT2D eigenvalue weighted by Crippen LogP contribution is -2.46. The van der Waals surface area contributed by atoms with E-state index in [1.54, 1.807) is 27.7 Å². The molecule has 0 spiro atoms. The molecule has 2 amide bonds. The second-order valence-corrected chi connectivity index (χ2v) is 8.04. The molecule has 0 aromatic heterocycles. The Morgan fingerprint density at radius 1 is 1.15 bits per heavy atom. The summed E-state index contributed by atoms with van der Waals surface area (Å²) in [5, 5.41) is 5.57. The van der Waals surface area contributed by atoms with Gasteiger partial charge in [-0.2, -0.15) is 0 Å². The average molecular weight is 370 g/mol. The Bertz CT molecular complexity index is 487. The predicted molar refractivity (Wildman–Crippen MR) is 98.6 cm³/mol. The van der Waals surface area contributed by atoms with Crippen LogP contribution in [0.4, 0.5) is 4.79 Å². The van der Waals surface area contributed by atoms with Gasteiger partial charge in [-0.3, -0.25) is 9.59 Å². The van der Waals surface area contributed by atoms with E-state index in [9.17, 15) is 14.4 Å². The van der Waals surface area contributed by atoms with E-state index in [1.807, 2.05) is 0 Å². The van der Waals surface area contributed by atoms with Gasteiger partial charge in [-0.05, 0) is 52.9 Å². The Morgan fingerprint density at radius 2 is 1.81 bits per heavy atom. The van der Waals surface area contributed by atoms with E-state index in [-0.39, 0.29) is 18.4 Å². The van der Waals surface area contributed by atoms with Gasteiger partial charge in [0.05, 0.1) is 0 Å². The summed E-state index contributed by atoms with van der Waals surface area (Å²) < 4.78 is 10.3. The number of hydrogen-bond donors (Lipinski definition) is 2. The first-order chi connectivity index (χ1) is 12.1. The molecule has 2 N–H and O–H groups in total. The highest BCUT2D eigenvalue weighted by Gasteiger charge is 2.26. The summed E-state index contributed by atoms with van der Waals surface area (Å²) in [5.41, 5.74) is -0.554. The van der Waals surface area contributed by atoms with Crippen molar-refractivity contribution >= 4 is 18.0 Å². The van der Waals surface area contributed by atoms with Gasteiger partial charge < -0.3 is 20.1 Å².